The number of hydrogen-bond donors (Lipinski definition) is 0. The summed E-state index contributed by atoms with van der Waals surface area (Å²) < 4.78 is 62.4. The highest BCUT2D eigenvalue weighted by Crippen LogP contribution is 2.45. The lowest BCUT2D eigenvalue weighted by molar-refractivity contribution is -0.264. The summed E-state index contributed by atoms with van der Waals surface area (Å²) in [5, 5.41) is 0. The van der Waals surface area contributed by atoms with Crippen molar-refractivity contribution in [3.05, 3.63) is 41.0 Å². The average Bonchev–Trinajstić information content (AvgIpc) is 2.59. The standard InChI is InChI=1S/C11H7F5/c12-10(13,11(14,15)16)9-5-7-3-1-2-4-8(7)6-9/h1-5H,6H2. The van der Waals surface area contributed by atoms with Crippen molar-refractivity contribution in [3.8, 4) is 0 Å². The summed E-state index contributed by atoms with van der Waals surface area (Å²) in [6.07, 6.45) is -4.95. The van der Waals surface area contributed by atoms with Crippen molar-refractivity contribution >= 4 is 6.08 Å². The third kappa shape index (κ3) is 1.60. The fourth-order valence-corrected chi connectivity index (χ4v) is 1.66. The molecule has 0 aliphatic heterocycles. The second kappa shape index (κ2) is 3.30. The molecule has 0 nitrogen and oxygen atoms in total. The minimum absolute atomic E-state index is 0.345. The molecule has 2 rings (SSSR count). The maximum atomic E-state index is 13.0. The predicted molar refractivity (Wildman–Crippen MR) is 49.1 cm³/mol. The molecule has 0 saturated heterocycles. The number of fused-ring (bicyclic) bond motifs is 1. The fourth-order valence-electron chi connectivity index (χ4n) is 1.66. The molecule has 0 atom stereocenters. The third-order valence-electron chi connectivity index (χ3n) is 2.53. The van der Waals surface area contributed by atoms with E-state index in [1.54, 1.807) is 18.2 Å². The van der Waals surface area contributed by atoms with Gasteiger partial charge in [0.05, 0.1) is 0 Å². The molecule has 1 aromatic carbocycles. The van der Waals surface area contributed by atoms with Crippen LogP contribution in [0.5, 0.6) is 0 Å². The molecule has 0 aromatic heterocycles. The van der Waals surface area contributed by atoms with Gasteiger partial charge in [-0.25, -0.2) is 0 Å². The maximum Gasteiger partial charge on any atom is 0.457 e. The van der Waals surface area contributed by atoms with Crippen LogP contribution in [-0.4, -0.2) is 12.1 Å². The monoisotopic (exact) mass is 234 g/mol. The van der Waals surface area contributed by atoms with Gasteiger partial charge in [0, 0.05) is 12.0 Å². The van der Waals surface area contributed by atoms with Gasteiger partial charge in [-0.1, -0.05) is 24.3 Å². The Morgan fingerprint density at radius 2 is 1.56 bits per heavy atom. The quantitative estimate of drug-likeness (QED) is 0.648. The van der Waals surface area contributed by atoms with Crippen LogP contribution in [0.4, 0.5) is 22.0 Å². The minimum Gasteiger partial charge on any atom is -0.191 e. The molecule has 1 aliphatic rings. The number of alkyl halides is 5. The molecule has 1 aliphatic carbocycles. The lowest BCUT2D eigenvalue weighted by Gasteiger charge is -2.20. The molecule has 0 radical (unpaired) electrons. The molecule has 86 valence electrons. The van der Waals surface area contributed by atoms with Crippen LogP contribution in [-0.2, 0) is 6.42 Å². The van der Waals surface area contributed by atoms with E-state index < -0.39 is 17.7 Å². The molecule has 0 saturated carbocycles. The molecule has 0 unspecified atom stereocenters. The van der Waals surface area contributed by atoms with Crippen LogP contribution in [0.2, 0.25) is 0 Å². The smallest absolute Gasteiger partial charge is 0.191 e. The Bertz CT molecular complexity index is 442. The summed E-state index contributed by atoms with van der Waals surface area (Å²) in [5.41, 5.74) is 0.0454. The minimum atomic E-state index is -5.53. The van der Waals surface area contributed by atoms with Crippen LogP contribution < -0.4 is 0 Å². The zero-order valence-electron chi connectivity index (χ0n) is 7.98. The zero-order chi connectivity index (χ0) is 12.0. The Labute approximate surface area is 88.4 Å². The third-order valence-corrected chi connectivity index (χ3v) is 2.53. The molecular formula is C11H7F5. The van der Waals surface area contributed by atoms with Crippen LogP contribution in [0.1, 0.15) is 11.1 Å². The van der Waals surface area contributed by atoms with Gasteiger partial charge in [0.1, 0.15) is 0 Å². The van der Waals surface area contributed by atoms with Crippen LogP contribution in [0.15, 0.2) is 29.8 Å². The van der Waals surface area contributed by atoms with Gasteiger partial charge in [0.2, 0.25) is 0 Å². The van der Waals surface area contributed by atoms with Gasteiger partial charge in [-0.2, -0.15) is 22.0 Å². The van der Waals surface area contributed by atoms with Gasteiger partial charge >= 0.3 is 12.1 Å². The van der Waals surface area contributed by atoms with Crippen molar-refractivity contribution in [1.29, 1.82) is 0 Å². The summed E-state index contributed by atoms with van der Waals surface area (Å²) in [4.78, 5) is 0. The second-order valence-corrected chi connectivity index (χ2v) is 3.62. The first-order chi connectivity index (χ1) is 7.32. The van der Waals surface area contributed by atoms with E-state index in [9.17, 15) is 22.0 Å². The first kappa shape index (κ1) is 11.1. The highest BCUT2D eigenvalue weighted by atomic mass is 19.4. The summed E-state index contributed by atoms with van der Waals surface area (Å²) in [6, 6.07) is 6.28. The van der Waals surface area contributed by atoms with Crippen molar-refractivity contribution < 1.29 is 22.0 Å². The highest BCUT2D eigenvalue weighted by molar-refractivity contribution is 5.65. The predicted octanol–water partition coefficient (Wildman–Crippen LogP) is 3.82. The topological polar surface area (TPSA) is 0 Å². The molecule has 0 spiro atoms. The Morgan fingerprint density at radius 1 is 0.938 bits per heavy atom. The van der Waals surface area contributed by atoms with Gasteiger partial charge in [0.25, 0.3) is 0 Å². The van der Waals surface area contributed by atoms with E-state index in [-0.39, 0.29) is 6.42 Å². The van der Waals surface area contributed by atoms with Crippen LogP contribution >= 0.6 is 0 Å². The average molecular weight is 234 g/mol. The van der Waals surface area contributed by atoms with Crippen molar-refractivity contribution in [2.24, 2.45) is 0 Å². The number of rotatable bonds is 1. The Hall–Kier alpha value is -1.39. The lowest BCUT2D eigenvalue weighted by Crippen LogP contribution is -2.38. The number of benzene rings is 1. The lowest BCUT2D eigenvalue weighted by atomic mass is 10.1. The Balaban J connectivity index is 2.36. The zero-order valence-corrected chi connectivity index (χ0v) is 7.98. The fraction of sp³-hybridized carbons (Fsp3) is 0.273. The van der Waals surface area contributed by atoms with Gasteiger partial charge in [-0.3, -0.25) is 0 Å². The van der Waals surface area contributed by atoms with E-state index in [4.69, 9.17) is 0 Å². The van der Waals surface area contributed by atoms with Crippen LogP contribution in [0, 0.1) is 0 Å². The van der Waals surface area contributed by atoms with E-state index in [0.29, 0.717) is 11.1 Å². The van der Waals surface area contributed by atoms with E-state index in [2.05, 4.69) is 0 Å². The normalized spacial score (nSPS) is 15.9. The Morgan fingerprint density at radius 3 is 2.12 bits per heavy atom. The SMILES string of the molecule is FC(F)(F)C(F)(F)C1=Cc2ccccc2C1. The van der Waals surface area contributed by atoms with Crippen LogP contribution in [0.3, 0.4) is 0 Å². The molecule has 1 aromatic rings. The summed E-state index contributed by atoms with van der Waals surface area (Å²) in [5.74, 6) is -4.74. The molecule has 0 heterocycles. The summed E-state index contributed by atoms with van der Waals surface area (Å²) in [6.45, 7) is 0. The van der Waals surface area contributed by atoms with Gasteiger partial charge in [-0.15, -0.1) is 0 Å². The molecule has 0 bridgehead atoms. The number of halogens is 5. The molecule has 0 amide bonds. The van der Waals surface area contributed by atoms with Crippen molar-refractivity contribution in [1.82, 2.24) is 0 Å². The van der Waals surface area contributed by atoms with Gasteiger partial charge in [0.15, 0.2) is 0 Å². The first-order valence-electron chi connectivity index (χ1n) is 4.56. The van der Waals surface area contributed by atoms with E-state index in [0.717, 1.165) is 6.08 Å². The largest absolute Gasteiger partial charge is 0.457 e. The van der Waals surface area contributed by atoms with Crippen LogP contribution in [0.25, 0.3) is 6.08 Å². The highest BCUT2D eigenvalue weighted by Gasteiger charge is 2.60. The summed E-state index contributed by atoms with van der Waals surface area (Å²) >= 11 is 0. The molecule has 0 fully saturated rings. The molecule has 16 heavy (non-hydrogen) atoms. The van der Waals surface area contributed by atoms with E-state index >= 15 is 0 Å². The van der Waals surface area contributed by atoms with E-state index in [1.807, 2.05) is 0 Å². The number of hydrogen-bond acceptors (Lipinski definition) is 0. The summed E-state index contributed by atoms with van der Waals surface area (Å²) in [7, 11) is 0. The van der Waals surface area contributed by atoms with Gasteiger partial charge < -0.3 is 0 Å². The van der Waals surface area contributed by atoms with Crippen molar-refractivity contribution in [2.45, 2.75) is 18.5 Å². The molecule has 5 heteroatoms. The van der Waals surface area contributed by atoms with Crippen molar-refractivity contribution in [2.75, 3.05) is 0 Å². The van der Waals surface area contributed by atoms with Crippen molar-refractivity contribution in [3.63, 3.8) is 0 Å². The maximum absolute atomic E-state index is 13.0. The van der Waals surface area contributed by atoms with E-state index in [1.165, 1.54) is 6.07 Å². The molecule has 0 N–H and O–H groups in total. The number of allylic oxidation sites excluding steroid dienone is 1. The first-order valence-corrected chi connectivity index (χ1v) is 4.56. The van der Waals surface area contributed by atoms with Gasteiger partial charge in [-0.05, 0) is 17.2 Å². The Kier molecular flexibility index (Phi) is 2.29. The molecular weight excluding hydrogens is 227 g/mol. The second-order valence-electron chi connectivity index (χ2n) is 3.62.